The standard InChI is InChI=1S/C14H31NO/c1-5-7-11-15(13(3)6-2)12-9-8-10-14(4)16/h13-14,16H,5-12H2,1-4H3. The van der Waals surface area contributed by atoms with Crippen LogP contribution in [0.2, 0.25) is 0 Å². The van der Waals surface area contributed by atoms with Gasteiger partial charge in [-0.05, 0) is 59.0 Å². The van der Waals surface area contributed by atoms with Gasteiger partial charge in [0.05, 0.1) is 6.10 Å². The zero-order chi connectivity index (χ0) is 12.4. The lowest BCUT2D eigenvalue weighted by Crippen LogP contribution is -2.34. The maximum atomic E-state index is 9.20. The van der Waals surface area contributed by atoms with Crippen LogP contribution in [0.3, 0.4) is 0 Å². The molecule has 0 aromatic rings. The van der Waals surface area contributed by atoms with Crippen molar-refractivity contribution in [3.05, 3.63) is 0 Å². The molecule has 0 aromatic carbocycles. The van der Waals surface area contributed by atoms with Crippen molar-refractivity contribution in [1.29, 1.82) is 0 Å². The number of nitrogens with zero attached hydrogens (tertiary/aromatic N) is 1. The number of rotatable bonds is 10. The minimum Gasteiger partial charge on any atom is -0.393 e. The van der Waals surface area contributed by atoms with Gasteiger partial charge >= 0.3 is 0 Å². The highest BCUT2D eigenvalue weighted by molar-refractivity contribution is 4.66. The van der Waals surface area contributed by atoms with Crippen molar-refractivity contribution in [3.8, 4) is 0 Å². The molecule has 0 amide bonds. The van der Waals surface area contributed by atoms with E-state index in [1.54, 1.807) is 0 Å². The van der Waals surface area contributed by atoms with Crippen molar-refractivity contribution in [3.63, 3.8) is 0 Å². The topological polar surface area (TPSA) is 23.5 Å². The molecule has 0 heterocycles. The molecule has 0 aliphatic carbocycles. The fourth-order valence-corrected chi connectivity index (χ4v) is 1.93. The molecular formula is C14H31NO. The van der Waals surface area contributed by atoms with E-state index in [0.29, 0.717) is 6.04 Å². The normalized spacial score (nSPS) is 15.4. The Morgan fingerprint density at radius 1 is 1.00 bits per heavy atom. The first-order chi connectivity index (χ1) is 7.61. The van der Waals surface area contributed by atoms with E-state index >= 15 is 0 Å². The monoisotopic (exact) mass is 229 g/mol. The SMILES string of the molecule is CCCCN(CCCCC(C)O)C(C)CC. The van der Waals surface area contributed by atoms with Crippen LogP contribution in [0.15, 0.2) is 0 Å². The third-order valence-electron chi connectivity index (χ3n) is 3.33. The Morgan fingerprint density at radius 3 is 2.12 bits per heavy atom. The minimum atomic E-state index is -0.132. The Bertz CT molecular complexity index is 148. The summed E-state index contributed by atoms with van der Waals surface area (Å²) in [7, 11) is 0. The van der Waals surface area contributed by atoms with Crippen molar-refractivity contribution in [1.82, 2.24) is 4.90 Å². The van der Waals surface area contributed by atoms with Crippen LogP contribution in [-0.2, 0) is 0 Å². The summed E-state index contributed by atoms with van der Waals surface area (Å²) >= 11 is 0. The van der Waals surface area contributed by atoms with Crippen molar-refractivity contribution in [2.24, 2.45) is 0 Å². The fraction of sp³-hybridized carbons (Fsp3) is 1.00. The first-order valence-corrected chi connectivity index (χ1v) is 7.03. The second-order valence-electron chi connectivity index (χ2n) is 4.99. The number of unbranched alkanes of at least 4 members (excludes halogenated alkanes) is 2. The van der Waals surface area contributed by atoms with Gasteiger partial charge in [0, 0.05) is 6.04 Å². The Morgan fingerprint density at radius 2 is 1.62 bits per heavy atom. The maximum Gasteiger partial charge on any atom is 0.0512 e. The maximum absolute atomic E-state index is 9.20. The highest BCUT2D eigenvalue weighted by Crippen LogP contribution is 2.09. The molecule has 0 bridgehead atoms. The van der Waals surface area contributed by atoms with Gasteiger partial charge in [-0.2, -0.15) is 0 Å². The molecular weight excluding hydrogens is 198 g/mol. The Labute approximate surface area is 102 Å². The zero-order valence-electron chi connectivity index (χ0n) is 11.7. The summed E-state index contributed by atoms with van der Waals surface area (Å²) in [5.74, 6) is 0. The van der Waals surface area contributed by atoms with Crippen LogP contribution in [0, 0.1) is 0 Å². The molecule has 0 saturated carbocycles. The van der Waals surface area contributed by atoms with Crippen molar-refractivity contribution in [2.45, 2.75) is 78.4 Å². The van der Waals surface area contributed by atoms with Crippen LogP contribution in [0.4, 0.5) is 0 Å². The van der Waals surface area contributed by atoms with Gasteiger partial charge < -0.3 is 10.0 Å². The van der Waals surface area contributed by atoms with Gasteiger partial charge in [-0.15, -0.1) is 0 Å². The van der Waals surface area contributed by atoms with E-state index in [2.05, 4.69) is 25.7 Å². The average Bonchev–Trinajstić information content (AvgIpc) is 2.26. The van der Waals surface area contributed by atoms with Crippen molar-refractivity contribution >= 4 is 0 Å². The van der Waals surface area contributed by atoms with Gasteiger partial charge in [0.1, 0.15) is 0 Å². The fourth-order valence-electron chi connectivity index (χ4n) is 1.93. The highest BCUT2D eigenvalue weighted by atomic mass is 16.3. The van der Waals surface area contributed by atoms with Crippen LogP contribution in [0.1, 0.15) is 66.2 Å². The van der Waals surface area contributed by atoms with Gasteiger partial charge in [0.15, 0.2) is 0 Å². The molecule has 16 heavy (non-hydrogen) atoms. The molecule has 0 spiro atoms. The summed E-state index contributed by atoms with van der Waals surface area (Å²) < 4.78 is 0. The molecule has 98 valence electrons. The number of hydrogen-bond donors (Lipinski definition) is 1. The molecule has 0 radical (unpaired) electrons. The predicted octanol–water partition coefficient (Wildman–Crippen LogP) is 3.44. The van der Waals surface area contributed by atoms with Crippen LogP contribution in [0.5, 0.6) is 0 Å². The Hall–Kier alpha value is -0.0800. The van der Waals surface area contributed by atoms with Crippen LogP contribution in [0.25, 0.3) is 0 Å². The van der Waals surface area contributed by atoms with Gasteiger partial charge in [-0.3, -0.25) is 0 Å². The number of hydrogen-bond acceptors (Lipinski definition) is 2. The van der Waals surface area contributed by atoms with E-state index in [9.17, 15) is 5.11 Å². The summed E-state index contributed by atoms with van der Waals surface area (Å²) in [4.78, 5) is 2.60. The van der Waals surface area contributed by atoms with Gasteiger partial charge in [-0.1, -0.05) is 20.3 Å². The van der Waals surface area contributed by atoms with E-state index in [1.807, 2.05) is 6.92 Å². The second-order valence-corrected chi connectivity index (χ2v) is 4.99. The molecule has 0 saturated heterocycles. The molecule has 1 N–H and O–H groups in total. The van der Waals surface area contributed by atoms with E-state index < -0.39 is 0 Å². The lowest BCUT2D eigenvalue weighted by Gasteiger charge is -2.28. The molecule has 2 heteroatoms. The lowest BCUT2D eigenvalue weighted by molar-refractivity contribution is 0.168. The molecule has 0 aliphatic rings. The smallest absolute Gasteiger partial charge is 0.0512 e. The van der Waals surface area contributed by atoms with Crippen LogP contribution in [-0.4, -0.2) is 35.2 Å². The Balaban J connectivity index is 3.73. The average molecular weight is 229 g/mol. The molecule has 2 atom stereocenters. The summed E-state index contributed by atoms with van der Waals surface area (Å²) in [6.07, 6.45) is 7.01. The number of aliphatic hydroxyl groups is 1. The summed E-state index contributed by atoms with van der Waals surface area (Å²) in [5, 5.41) is 9.20. The third kappa shape index (κ3) is 8.12. The summed E-state index contributed by atoms with van der Waals surface area (Å²) in [6, 6.07) is 0.707. The second kappa shape index (κ2) is 10.1. The van der Waals surface area contributed by atoms with Gasteiger partial charge in [0.25, 0.3) is 0 Å². The molecule has 0 rings (SSSR count). The van der Waals surface area contributed by atoms with Crippen LogP contribution < -0.4 is 0 Å². The summed E-state index contributed by atoms with van der Waals surface area (Å²) in [5.41, 5.74) is 0. The highest BCUT2D eigenvalue weighted by Gasteiger charge is 2.10. The van der Waals surface area contributed by atoms with E-state index in [0.717, 1.165) is 12.8 Å². The molecule has 2 nitrogen and oxygen atoms in total. The van der Waals surface area contributed by atoms with Crippen molar-refractivity contribution < 1.29 is 5.11 Å². The summed E-state index contributed by atoms with van der Waals surface area (Å²) in [6.45, 7) is 11.2. The Kier molecular flexibility index (Phi) is 10.0. The first-order valence-electron chi connectivity index (χ1n) is 7.03. The minimum absolute atomic E-state index is 0.132. The van der Waals surface area contributed by atoms with Gasteiger partial charge in [-0.25, -0.2) is 0 Å². The first kappa shape index (κ1) is 15.9. The molecule has 0 fully saturated rings. The molecule has 0 aromatic heterocycles. The predicted molar refractivity (Wildman–Crippen MR) is 71.8 cm³/mol. The molecule has 0 aliphatic heterocycles. The third-order valence-corrected chi connectivity index (χ3v) is 3.33. The quantitative estimate of drug-likeness (QED) is 0.580. The van der Waals surface area contributed by atoms with E-state index in [1.165, 1.54) is 38.8 Å². The van der Waals surface area contributed by atoms with Gasteiger partial charge in [0.2, 0.25) is 0 Å². The largest absolute Gasteiger partial charge is 0.393 e. The van der Waals surface area contributed by atoms with E-state index in [4.69, 9.17) is 0 Å². The van der Waals surface area contributed by atoms with Crippen LogP contribution >= 0.6 is 0 Å². The van der Waals surface area contributed by atoms with Crippen molar-refractivity contribution in [2.75, 3.05) is 13.1 Å². The number of aliphatic hydroxyl groups excluding tert-OH is 1. The zero-order valence-corrected chi connectivity index (χ0v) is 11.7. The molecule has 2 unspecified atom stereocenters. The lowest BCUT2D eigenvalue weighted by atomic mass is 10.1. The van der Waals surface area contributed by atoms with E-state index in [-0.39, 0.29) is 6.10 Å².